The molecular weight excluding hydrogens is 246 g/mol. The molecule has 3 aliphatic rings. The average Bonchev–Trinajstić information content (AvgIpc) is 2.97. The predicted molar refractivity (Wildman–Crippen MR) is 72.1 cm³/mol. The Balaban J connectivity index is 1.60. The monoisotopic (exact) mass is 263 g/mol. The van der Waals surface area contributed by atoms with Crippen LogP contribution in [0.5, 0.6) is 0 Å². The summed E-state index contributed by atoms with van der Waals surface area (Å²) in [6, 6.07) is 1.94. The van der Waals surface area contributed by atoms with Crippen LogP contribution in [0.1, 0.15) is 43.8 Å². The minimum absolute atomic E-state index is 0.574. The molecule has 0 N–H and O–H groups in total. The number of nitrogens with zero attached hydrogens (tertiary/aromatic N) is 3. The van der Waals surface area contributed by atoms with E-state index in [2.05, 4.69) is 9.88 Å². The molecule has 0 radical (unpaired) electrons. The fraction of sp³-hybridized carbons (Fsp3) is 0.714. The standard InChI is InChI=1S/C14H18ClN3/c15-12-6-13(17-14(16-12)9-4-5-9)18-7-10-2-1-3-11(10)8-18/h6,9-11H,1-5,7-8H2. The lowest BCUT2D eigenvalue weighted by atomic mass is 10.0. The molecule has 2 heterocycles. The van der Waals surface area contributed by atoms with Gasteiger partial charge in [0, 0.05) is 25.1 Å². The van der Waals surface area contributed by atoms with Gasteiger partial charge < -0.3 is 4.90 Å². The molecule has 0 aromatic carbocycles. The van der Waals surface area contributed by atoms with Crippen LogP contribution in [0.15, 0.2) is 6.07 Å². The second-order valence-corrected chi connectivity index (χ2v) is 6.42. The molecule has 2 unspecified atom stereocenters. The fourth-order valence-corrected chi connectivity index (χ4v) is 3.72. The SMILES string of the molecule is Clc1cc(N2CC3CCCC3C2)nc(C2CC2)n1. The van der Waals surface area contributed by atoms with Crippen LogP contribution in [0.2, 0.25) is 5.15 Å². The van der Waals surface area contributed by atoms with E-state index in [9.17, 15) is 0 Å². The molecule has 1 saturated heterocycles. The van der Waals surface area contributed by atoms with Gasteiger partial charge in [-0.15, -0.1) is 0 Å². The van der Waals surface area contributed by atoms with Crippen LogP contribution in [0.3, 0.4) is 0 Å². The average molecular weight is 264 g/mol. The van der Waals surface area contributed by atoms with Crippen molar-refractivity contribution in [2.75, 3.05) is 18.0 Å². The molecule has 0 amide bonds. The van der Waals surface area contributed by atoms with Crippen LogP contribution in [0.4, 0.5) is 5.82 Å². The Morgan fingerprint density at radius 1 is 1.06 bits per heavy atom. The van der Waals surface area contributed by atoms with E-state index in [1.807, 2.05) is 6.07 Å². The molecule has 1 aromatic rings. The molecule has 4 rings (SSSR count). The summed E-state index contributed by atoms with van der Waals surface area (Å²) in [6.07, 6.45) is 6.67. The van der Waals surface area contributed by atoms with Gasteiger partial charge in [0.1, 0.15) is 16.8 Å². The number of rotatable bonds is 2. The van der Waals surface area contributed by atoms with Crippen molar-refractivity contribution < 1.29 is 0 Å². The first-order valence-electron chi connectivity index (χ1n) is 7.09. The van der Waals surface area contributed by atoms with Crippen molar-refractivity contribution in [2.24, 2.45) is 11.8 Å². The van der Waals surface area contributed by atoms with E-state index >= 15 is 0 Å². The van der Waals surface area contributed by atoms with Gasteiger partial charge in [-0.05, 0) is 37.5 Å². The lowest BCUT2D eigenvalue weighted by Crippen LogP contribution is -2.22. The largest absolute Gasteiger partial charge is 0.356 e. The van der Waals surface area contributed by atoms with Gasteiger partial charge >= 0.3 is 0 Å². The molecule has 2 aliphatic carbocycles. The Bertz CT molecular complexity index is 460. The molecule has 96 valence electrons. The molecular formula is C14H18ClN3. The minimum Gasteiger partial charge on any atom is -0.356 e. The van der Waals surface area contributed by atoms with Gasteiger partial charge in [0.2, 0.25) is 0 Å². The molecule has 1 aromatic heterocycles. The highest BCUT2D eigenvalue weighted by Gasteiger charge is 2.37. The summed E-state index contributed by atoms with van der Waals surface area (Å²) in [6.45, 7) is 2.34. The molecule has 3 nitrogen and oxygen atoms in total. The number of hydrogen-bond donors (Lipinski definition) is 0. The second-order valence-electron chi connectivity index (χ2n) is 6.04. The maximum absolute atomic E-state index is 6.14. The molecule has 2 atom stereocenters. The van der Waals surface area contributed by atoms with Crippen molar-refractivity contribution in [3.05, 3.63) is 17.0 Å². The van der Waals surface area contributed by atoms with E-state index in [1.54, 1.807) is 0 Å². The van der Waals surface area contributed by atoms with Crippen LogP contribution in [0.25, 0.3) is 0 Å². The summed E-state index contributed by atoms with van der Waals surface area (Å²) in [5, 5.41) is 0.610. The highest BCUT2D eigenvalue weighted by atomic mass is 35.5. The van der Waals surface area contributed by atoms with Crippen LogP contribution in [0, 0.1) is 11.8 Å². The van der Waals surface area contributed by atoms with Gasteiger partial charge in [-0.2, -0.15) is 0 Å². The first-order chi connectivity index (χ1) is 8.79. The summed E-state index contributed by atoms with van der Waals surface area (Å²) in [5.74, 6) is 4.39. The minimum atomic E-state index is 0.574. The number of anilines is 1. The first-order valence-corrected chi connectivity index (χ1v) is 7.47. The van der Waals surface area contributed by atoms with Gasteiger partial charge in [0.15, 0.2) is 0 Å². The summed E-state index contributed by atoms with van der Waals surface area (Å²) >= 11 is 6.14. The van der Waals surface area contributed by atoms with Crippen molar-refractivity contribution in [3.63, 3.8) is 0 Å². The van der Waals surface area contributed by atoms with Gasteiger partial charge in [0.05, 0.1) is 0 Å². The van der Waals surface area contributed by atoms with Crippen LogP contribution in [-0.4, -0.2) is 23.1 Å². The lowest BCUT2D eigenvalue weighted by Gasteiger charge is -2.19. The summed E-state index contributed by atoms with van der Waals surface area (Å²) in [5.41, 5.74) is 0. The number of aromatic nitrogens is 2. The van der Waals surface area contributed by atoms with Gasteiger partial charge in [-0.3, -0.25) is 0 Å². The van der Waals surface area contributed by atoms with E-state index in [-0.39, 0.29) is 0 Å². The van der Waals surface area contributed by atoms with E-state index in [0.717, 1.165) is 23.5 Å². The summed E-state index contributed by atoms with van der Waals surface area (Å²) in [4.78, 5) is 11.5. The van der Waals surface area contributed by atoms with Gasteiger partial charge in [0.25, 0.3) is 0 Å². The Kier molecular flexibility index (Phi) is 2.51. The molecule has 3 fully saturated rings. The van der Waals surface area contributed by atoms with Crippen molar-refractivity contribution >= 4 is 17.4 Å². The van der Waals surface area contributed by atoms with Crippen molar-refractivity contribution in [3.8, 4) is 0 Å². The highest BCUT2D eigenvalue weighted by molar-refractivity contribution is 6.29. The van der Waals surface area contributed by atoms with E-state index in [1.165, 1.54) is 45.2 Å². The maximum atomic E-state index is 6.14. The third-order valence-corrected chi connectivity index (χ3v) is 4.89. The summed E-state index contributed by atoms with van der Waals surface area (Å²) < 4.78 is 0. The Morgan fingerprint density at radius 2 is 1.78 bits per heavy atom. The summed E-state index contributed by atoms with van der Waals surface area (Å²) in [7, 11) is 0. The fourth-order valence-electron chi connectivity index (χ4n) is 3.53. The smallest absolute Gasteiger partial charge is 0.135 e. The number of hydrogen-bond acceptors (Lipinski definition) is 3. The number of fused-ring (bicyclic) bond motifs is 1. The number of halogens is 1. The zero-order valence-electron chi connectivity index (χ0n) is 10.5. The highest BCUT2D eigenvalue weighted by Crippen LogP contribution is 2.41. The normalized spacial score (nSPS) is 30.8. The van der Waals surface area contributed by atoms with E-state index in [4.69, 9.17) is 16.6 Å². The lowest BCUT2D eigenvalue weighted by molar-refractivity contribution is 0.494. The molecule has 0 bridgehead atoms. The quantitative estimate of drug-likeness (QED) is 0.767. The second kappa shape index (κ2) is 4.09. The molecule has 4 heteroatoms. The van der Waals surface area contributed by atoms with Gasteiger partial charge in [-0.25, -0.2) is 9.97 Å². The molecule has 18 heavy (non-hydrogen) atoms. The van der Waals surface area contributed by atoms with Gasteiger partial charge in [-0.1, -0.05) is 18.0 Å². The molecule has 1 aliphatic heterocycles. The van der Waals surface area contributed by atoms with Crippen molar-refractivity contribution in [1.29, 1.82) is 0 Å². The Morgan fingerprint density at radius 3 is 2.44 bits per heavy atom. The topological polar surface area (TPSA) is 29.0 Å². The Labute approximate surface area is 113 Å². The first kappa shape index (κ1) is 11.0. The molecule has 0 spiro atoms. The van der Waals surface area contributed by atoms with Crippen molar-refractivity contribution in [2.45, 2.75) is 38.0 Å². The van der Waals surface area contributed by atoms with Crippen LogP contribution >= 0.6 is 11.6 Å². The molecule has 2 saturated carbocycles. The van der Waals surface area contributed by atoms with Crippen LogP contribution < -0.4 is 4.90 Å². The Hall–Kier alpha value is -0.830. The third kappa shape index (κ3) is 1.89. The van der Waals surface area contributed by atoms with Crippen LogP contribution in [-0.2, 0) is 0 Å². The van der Waals surface area contributed by atoms with Crippen molar-refractivity contribution in [1.82, 2.24) is 9.97 Å². The zero-order valence-corrected chi connectivity index (χ0v) is 11.2. The predicted octanol–water partition coefficient (Wildman–Crippen LogP) is 3.24. The zero-order chi connectivity index (χ0) is 12.1. The third-order valence-electron chi connectivity index (χ3n) is 4.69. The maximum Gasteiger partial charge on any atom is 0.135 e. The van der Waals surface area contributed by atoms with E-state index < -0.39 is 0 Å². The van der Waals surface area contributed by atoms with E-state index in [0.29, 0.717) is 11.1 Å².